The first-order valence-electron chi connectivity index (χ1n) is 5.04. The lowest BCUT2D eigenvalue weighted by molar-refractivity contribution is -0.118. The summed E-state index contributed by atoms with van der Waals surface area (Å²) in [6.07, 6.45) is 0. The minimum atomic E-state index is -0.160. The van der Waals surface area contributed by atoms with Crippen LogP contribution < -0.4 is 5.32 Å². The number of alkyl halides is 1. The van der Waals surface area contributed by atoms with E-state index in [9.17, 15) is 4.79 Å². The highest BCUT2D eigenvalue weighted by Crippen LogP contribution is 2.24. The number of benzene rings is 1. The zero-order valence-electron chi connectivity index (χ0n) is 9.39. The van der Waals surface area contributed by atoms with Crippen molar-refractivity contribution in [2.24, 2.45) is 0 Å². The molecule has 0 saturated carbocycles. The summed E-state index contributed by atoms with van der Waals surface area (Å²) >= 11 is 11.4. The second-order valence-electron chi connectivity index (χ2n) is 4.30. The van der Waals surface area contributed by atoms with E-state index in [1.54, 1.807) is 0 Å². The molecule has 0 bridgehead atoms. The number of halogens is 2. The Hall–Kier alpha value is -0.730. The van der Waals surface area contributed by atoms with Crippen molar-refractivity contribution in [1.82, 2.24) is 5.32 Å². The van der Waals surface area contributed by atoms with Crippen molar-refractivity contribution in [1.29, 1.82) is 0 Å². The lowest BCUT2D eigenvalue weighted by Crippen LogP contribution is -2.37. The molecule has 0 heterocycles. The molecule has 0 aliphatic carbocycles. The van der Waals surface area contributed by atoms with Gasteiger partial charge in [0.15, 0.2) is 0 Å². The van der Waals surface area contributed by atoms with Gasteiger partial charge in [-0.3, -0.25) is 4.79 Å². The zero-order valence-corrected chi connectivity index (χ0v) is 10.9. The van der Waals surface area contributed by atoms with Gasteiger partial charge in [-0.15, -0.1) is 11.6 Å². The van der Waals surface area contributed by atoms with Crippen LogP contribution in [-0.2, 0) is 10.2 Å². The number of carbonyl (C=O) groups excluding carboxylic acids is 1. The predicted molar refractivity (Wildman–Crippen MR) is 68.2 cm³/mol. The van der Waals surface area contributed by atoms with E-state index in [-0.39, 0.29) is 17.2 Å². The molecule has 0 saturated heterocycles. The third-order valence-electron chi connectivity index (χ3n) is 2.45. The van der Waals surface area contributed by atoms with E-state index in [1.807, 2.05) is 38.1 Å². The quantitative estimate of drug-likeness (QED) is 0.828. The Morgan fingerprint density at radius 1 is 1.44 bits per heavy atom. The Labute approximate surface area is 106 Å². The minimum Gasteiger partial charge on any atom is -0.354 e. The number of hydrogen-bond donors (Lipinski definition) is 1. The van der Waals surface area contributed by atoms with Crippen molar-refractivity contribution in [3.8, 4) is 0 Å². The molecule has 16 heavy (non-hydrogen) atoms. The maximum absolute atomic E-state index is 11.1. The van der Waals surface area contributed by atoms with Gasteiger partial charge in [-0.25, -0.2) is 0 Å². The number of nitrogens with one attached hydrogen (secondary N) is 1. The number of hydrogen-bond acceptors (Lipinski definition) is 1. The summed E-state index contributed by atoms with van der Waals surface area (Å²) in [5, 5.41) is 3.48. The number of amides is 1. The van der Waals surface area contributed by atoms with E-state index in [0.29, 0.717) is 11.6 Å². The van der Waals surface area contributed by atoms with Crippen LogP contribution in [0.2, 0.25) is 5.02 Å². The van der Waals surface area contributed by atoms with Crippen LogP contribution in [0, 0.1) is 0 Å². The summed E-state index contributed by atoms with van der Waals surface area (Å²) in [7, 11) is 0. The summed E-state index contributed by atoms with van der Waals surface area (Å²) < 4.78 is 0. The molecule has 0 aliphatic rings. The largest absolute Gasteiger partial charge is 0.354 e. The molecule has 0 aromatic heterocycles. The van der Waals surface area contributed by atoms with Crippen LogP contribution in [0.4, 0.5) is 0 Å². The van der Waals surface area contributed by atoms with Gasteiger partial charge < -0.3 is 5.32 Å². The average molecular weight is 260 g/mol. The lowest BCUT2D eigenvalue weighted by Gasteiger charge is -2.25. The van der Waals surface area contributed by atoms with Gasteiger partial charge in [0, 0.05) is 17.0 Å². The monoisotopic (exact) mass is 259 g/mol. The van der Waals surface area contributed by atoms with E-state index < -0.39 is 0 Å². The fraction of sp³-hybridized carbons (Fsp3) is 0.417. The van der Waals surface area contributed by atoms with Crippen LogP contribution in [0.5, 0.6) is 0 Å². The van der Waals surface area contributed by atoms with Gasteiger partial charge in [0.25, 0.3) is 0 Å². The predicted octanol–water partition coefficient (Wildman–Crippen LogP) is 2.97. The van der Waals surface area contributed by atoms with Crippen LogP contribution in [0.3, 0.4) is 0 Å². The third kappa shape index (κ3) is 3.69. The standard InChI is InChI=1S/C12H15Cl2NO/c1-12(2,8-15-11(16)7-13)9-4-3-5-10(14)6-9/h3-6H,7-8H2,1-2H3,(H,15,16). The fourth-order valence-electron chi connectivity index (χ4n) is 1.38. The molecule has 0 spiro atoms. The highest BCUT2D eigenvalue weighted by molar-refractivity contribution is 6.30. The van der Waals surface area contributed by atoms with Crippen molar-refractivity contribution < 1.29 is 4.79 Å². The molecule has 2 nitrogen and oxygen atoms in total. The maximum Gasteiger partial charge on any atom is 0.234 e. The molecule has 1 amide bonds. The Kier molecular flexibility index (Phi) is 4.63. The summed E-state index contributed by atoms with van der Waals surface area (Å²) in [6, 6.07) is 7.65. The highest BCUT2D eigenvalue weighted by Gasteiger charge is 2.21. The molecule has 1 N–H and O–H groups in total. The van der Waals surface area contributed by atoms with Crippen molar-refractivity contribution in [3.63, 3.8) is 0 Å². The van der Waals surface area contributed by atoms with Crippen molar-refractivity contribution in [2.45, 2.75) is 19.3 Å². The zero-order chi connectivity index (χ0) is 12.2. The van der Waals surface area contributed by atoms with E-state index in [0.717, 1.165) is 5.56 Å². The van der Waals surface area contributed by atoms with Crippen molar-refractivity contribution in [2.75, 3.05) is 12.4 Å². The molecular weight excluding hydrogens is 245 g/mol. The molecule has 1 aromatic rings. The van der Waals surface area contributed by atoms with Gasteiger partial charge >= 0.3 is 0 Å². The lowest BCUT2D eigenvalue weighted by atomic mass is 9.84. The SMILES string of the molecule is CC(C)(CNC(=O)CCl)c1cccc(Cl)c1. The normalized spacial score (nSPS) is 11.2. The molecule has 0 radical (unpaired) electrons. The summed E-state index contributed by atoms with van der Waals surface area (Å²) in [5.74, 6) is -0.164. The summed E-state index contributed by atoms with van der Waals surface area (Å²) in [4.78, 5) is 11.1. The molecular formula is C12H15Cl2NO. The van der Waals surface area contributed by atoms with E-state index in [1.165, 1.54) is 0 Å². The van der Waals surface area contributed by atoms with Gasteiger partial charge in [-0.05, 0) is 17.7 Å². The second kappa shape index (κ2) is 5.55. The van der Waals surface area contributed by atoms with E-state index in [2.05, 4.69) is 5.32 Å². The molecule has 0 aliphatic heterocycles. The second-order valence-corrected chi connectivity index (χ2v) is 5.01. The van der Waals surface area contributed by atoms with Gasteiger partial charge in [0.2, 0.25) is 5.91 Å². The Morgan fingerprint density at radius 3 is 2.69 bits per heavy atom. The van der Waals surface area contributed by atoms with Crippen LogP contribution in [0.15, 0.2) is 24.3 Å². The fourth-order valence-corrected chi connectivity index (χ4v) is 1.66. The van der Waals surface area contributed by atoms with E-state index in [4.69, 9.17) is 23.2 Å². The smallest absolute Gasteiger partial charge is 0.234 e. The molecule has 1 aromatic carbocycles. The van der Waals surface area contributed by atoms with Gasteiger partial charge in [-0.1, -0.05) is 37.6 Å². The average Bonchev–Trinajstić information content (AvgIpc) is 2.26. The van der Waals surface area contributed by atoms with Crippen LogP contribution in [0.25, 0.3) is 0 Å². The molecule has 1 rings (SSSR count). The van der Waals surface area contributed by atoms with Crippen LogP contribution >= 0.6 is 23.2 Å². The number of carbonyl (C=O) groups is 1. The first kappa shape index (κ1) is 13.3. The Morgan fingerprint density at radius 2 is 2.12 bits per heavy atom. The maximum atomic E-state index is 11.1. The molecule has 0 fully saturated rings. The minimum absolute atomic E-state index is 0.00831. The van der Waals surface area contributed by atoms with Gasteiger partial charge in [0.05, 0.1) is 0 Å². The first-order valence-corrected chi connectivity index (χ1v) is 5.95. The van der Waals surface area contributed by atoms with Crippen LogP contribution in [-0.4, -0.2) is 18.3 Å². The van der Waals surface area contributed by atoms with Crippen molar-refractivity contribution >= 4 is 29.1 Å². The Balaban J connectivity index is 2.73. The topological polar surface area (TPSA) is 29.1 Å². The van der Waals surface area contributed by atoms with Gasteiger partial charge in [-0.2, -0.15) is 0 Å². The molecule has 0 atom stereocenters. The van der Waals surface area contributed by atoms with Gasteiger partial charge in [0.1, 0.15) is 5.88 Å². The summed E-state index contributed by atoms with van der Waals surface area (Å²) in [5.41, 5.74) is 0.932. The summed E-state index contributed by atoms with van der Waals surface area (Å²) in [6.45, 7) is 4.64. The van der Waals surface area contributed by atoms with Crippen molar-refractivity contribution in [3.05, 3.63) is 34.9 Å². The third-order valence-corrected chi connectivity index (χ3v) is 2.93. The molecule has 88 valence electrons. The molecule has 0 unspecified atom stereocenters. The van der Waals surface area contributed by atoms with Crippen LogP contribution in [0.1, 0.15) is 19.4 Å². The Bertz CT molecular complexity index is 377. The van der Waals surface area contributed by atoms with E-state index >= 15 is 0 Å². The highest BCUT2D eigenvalue weighted by atomic mass is 35.5. The molecule has 4 heteroatoms. The first-order chi connectivity index (χ1) is 7.45. The number of rotatable bonds is 4.